The number of amides is 1. The van der Waals surface area contributed by atoms with Gasteiger partial charge >= 0.3 is 5.97 Å². The van der Waals surface area contributed by atoms with Crippen molar-refractivity contribution in [2.75, 3.05) is 19.0 Å². The molecule has 0 aliphatic heterocycles. The average molecular weight is 340 g/mol. The van der Waals surface area contributed by atoms with Crippen molar-refractivity contribution in [2.24, 2.45) is 0 Å². The first-order valence-corrected chi connectivity index (χ1v) is 7.64. The molecule has 0 atom stereocenters. The fraction of sp³-hybridized carbons (Fsp3) is 0.167. The van der Waals surface area contributed by atoms with Crippen LogP contribution in [0.5, 0.6) is 5.75 Å². The van der Waals surface area contributed by atoms with E-state index in [-0.39, 0.29) is 29.7 Å². The lowest BCUT2D eigenvalue weighted by Crippen LogP contribution is -2.14. The Labute approximate surface area is 143 Å². The molecule has 0 fully saturated rings. The van der Waals surface area contributed by atoms with Gasteiger partial charge in [-0.15, -0.1) is 0 Å². The third kappa shape index (κ3) is 3.30. The minimum Gasteiger partial charge on any atom is -0.497 e. The van der Waals surface area contributed by atoms with Crippen molar-refractivity contribution in [3.63, 3.8) is 0 Å². The summed E-state index contributed by atoms with van der Waals surface area (Å²) in [5.74, 6) is -0.496. The number of carbonyl (C=O) groups excluding carboxylic acids is 2. The van der Waals surface area contributed by atoms with Gasteiger partial charge in [0.15, 0.2) is 0 Å². The number of rotatable bonds is 5. The molecule has 2 aromatic heterocycles. The van der Waals surface area contributed by atoms with Crippen LogP contribution in [0.3, 0.4) is 0 Å². The van der Waals surface area contributed by atoms with Gasteiger partial charge < -0.3 is 19.2 Å². The Morgan fingerprint density at radius 2 is 1.96 bits per heavy atom. The number of aromatic nitrogens is 1. The second-order valence-corrected chi connectivity index (χ2v) is 5.07. The van der Waals surface area contributed by atoms with Gasteiger partial charge in [0, 0.05) is 11.8 Å². The molecule has 3 aromatic rings. The average Bonchev–Trinajstić information content (AvgIpc) is 3.01. The molecule has 0 aliphatic rings. The summed E-state index contributed by atoms with van der Waals surface area (Å²) in [6, 6.07) is 10.00. The molecule has 0 aliphatic carbocycles. The van der Waals surface area contributed by atoms with Crippen molar-refractivity contribution in [3.8, 4) is 5.75 Å². The first kappa shape index (κ1) is 16.5. The van der Waals surface area contributed by atoms with Crippen LogP contribution in [-0.2, 0) is 4.74 Å². The number of pyridine rings is 1. The minimum absolute atomic E-state index is 0.0857. The molecule has 1 N–H and O–H groups in total. The van der Waals surface area contributed by atoms with Crippen molar-refractivity contribution in [2.45, 2.75) is 6.92 Å². The number of furan rings is 1. The molecule has 3 rings (SSSR count). The summed E-state index contributed by atoms with van der Waals surface area (Å²) in [4.78, 5) is 28.7. The van der Waals surface area contributed by atoms with Crippen molar-refractivity contribution in [3.05, 3.63) is 53.9 Å². The molecule has 0 saturated carbocycles. The van der Waals surface area contributed by atoms with Gasteiger partial charge in [-0.05, 0) is 43.3 Å². The summed E-state index contributed by atoms with van der Waals surface area (Å²) < 4.78 is 15.5. The predicted molar refractivity (Wildman–Crippen MR) is 90.9 cm³/mol. The van der Waals surface area contributed by atoms with Crippen LogP contribution in [0.1, 0.15) is 27.8 Å². The molecule has 1 amide bonds. The number of hydrogen-bond donors (Lipinski definition) is 1. The Bertz CT molecular complexity index is 915. The lowest BCUT2D eigenvalue weighted by molar-refractivity contribution is 0.0494. The van der Waals surface area contributed by atoms with Crippen LogP contribution in [0.2, 0.25) is 0 Å². The Balaban J connectivity index is 1.97. The summed E-state index contributed by atoms with van der Waals surface area (Å²) in [6.45, 7) is 1.88. The zero-order valence-corrected chi connectivity index (χ0v) is 13.7. The summed E-state index contributed by atoms with van der Waals surface area (Å²) in [5, 5.41) is 3.23. The van der Waals surface area contributed by atoms with Gasteiger partial charge in [-0.2, -0.15) is 0 Å². The number of ether oxygens (including phenoxy) is 2. The Morgan fingerprint density at radius 1 is 1.20 bits per heavy atom. The van der Waals surface area contributed by atoms with Gasteiger partial charge in [-0.1, -0.05) is 0 Å². The van der Waals surface area contributed by atoms with Crippen LogP contribution in [0, 0.1) is 0 Å². The maximum absolute atomic E-state index is 12.5. The molecule has 7 heteroatoms. The van der Waals surface area contributed by atoms with E-state index in [1.165, 1.54) is 6.20 Å². The molecule has 0 bridgehead atoms. The lowest BCUT2D eigenvalue weighted by atomic mass is 10.2. The number of benzene rings is 1. The minimum atomic E-state index is -0.662. The number of fused-ring (bicyclic) bond motifs is 1. The fourth-order valence-electron chi connectivity index (χ4n) is 2.32. The monoisotopic (exact) mass is 340 g/mol. The number of nitrogens with zero attached hydrogens (tertiary/aromatic N) is 1. The van der Waals surface area contributed by atoms with Gasteiger partial charge in [-0.3, -0.25) is 4.79 Å². The third-order valence-electron chi connectivity index (χ3n) is 3.52. The van der Waals surface area contributed by atoms with Crippen molar-refractivity contribution >= 4 is 28.7 Å². The van der Waals surface area contributed by atoms with Gasteiger partial charge in [0.25, 0.3) is 5.91 Å². The predicted octanol–water partition coefficient (Wildman–Crippen LogP) is 3.27. The van der Waals surface area contributed by atoms with Crippen molar-refractivity contribution < 1.29 is 23.5 Å². The molecule has 7 nitrogen and oxygen atoms in total. The molecular weight excluding hydrogens is 324 g/mol. The first-order valence-electron chi connectivity index (χ1n) is 7.64. The van der Waals surface area contributed by atoms with Crippen LogP contribution in [0.15, 0.2) is 47.0 Å². The number of esters is 1. The Hall–Kier alpha value is -3.35. The largest absolute Gasteiger partial charge is 0.497 e. The SMILES string of the molecule is CCOC(=O)c1oc2ncccc2c1NC(=O)c1ccc(OC)cc1. The van der Waals surface area contributed by atoms with E-state index in [0.717, 1.165) is 0 Å². The fourth-order valence-corrected chi connectivity index (χ4v) is 2.32. The van der Waals surface area contributed by atoms with E-state index in [0.29, 0.717) is 16.7 Å². The number of carbonyl (C=O) groups is 2. The van der Waals surface area contributed by atoms with Crippen LogP contribution < -0.4 is 10.1 Å². The second-order valence-electron chi connectivity index (χ2n) is 5.07. The molecule has 0 spiro atoms. The number of anilines is 1. The summed E-state index contributed by atoms with van der Waals surface area (Å²) in [5.41, 5.74) is 0.895. The van der Waals surface area contributed by atoms with E-state index in [1.807, 2.05) is 0 Å². The zero-order chi connectivity index (χ0) is 17.8. The molecule has 1 aromatic carbocycles. The Morgan fingerprint density at radius 3 is 2.64 bits per heavy atom. The summed E-state index contributed by atoms with van der Waals surface area (Å²) >= 11 is 0. The number of nitrogens with one attached hydrogen (secondary N) is 1. The van der Waals surface area contributed by atoms with Crippen molar-refractivity contribution in [1.82, 2.24) is 4.98 Å². The van der Waals surface area contributed by atoms with Gasteiger partial charge in [-0.25, -0.2) is 9.78 Å². The van der Waals surface area contributed by atoms with E-state index in [2.05, 4.69) is 10.3 Å². The van der Waals surface area contributed by atoms with Crippen molar-refractivity contribution in [1.29, 1.82) is 0 Å². The topological polar surface area (TPSA) is 90.7 Å². The standard InChI is InChI=1S/C18H16N2O5/c1-3-24-18(22)15-14(13-5-4-10-19-17(13)25-15)20-16(21)11-6-8-12(23-2)9-7-11/h4-10H,3H2,1-2H3,(H,20,21). The second kappa shape index (κ2) is 7.04. The zero-order valence-electron chi connectivity index (χ0n) is 13.7. The van der Waals surface area contributed by atoms with Crippen LogP contribution in [0.25, 0.3) is 11.1 Å². The number of hydrogen-bond acceptors (Lipinski definition) is 6. The van der Waals surface area contributed by atoms with Crippen LogP contribution in [-0.4, -0.2) is 30.6 Å². The highest BCUT2D eigenvalue weighted by Crippen LogP contribution is 2.30. The van der Waals surface area contributed by atoms with E-state index >= 15 is 0 Å². The number of methoxy groups -OCH3 is 1. The van der Waals surface area contributed by atoms with E-state index < -0.39 is 5.97 Å². The summed E-state index contributed by atoms with van der Waals surface area (Å²) in [7, 11) is 1.55. The quantitative estimate of drug-likeness (QED) is 0.717. The molecular formula is C18H16N2O5. The maximum Gasteiger partial charge on any atom is 0.376 e. The van der Waals surface area contributed by atoms with Crippen LogP contribution >= 0.6 is 0 Å². The maximum atomic E-state index is 12.5. The third-order valence-corrected chi connectivity index (χ3v) is 3.52. The smallest absolute Gasteiger partial charge is 0.376 e. The highest BCUT2D eigenvalue weighted by molar-refractivity contribution is 6.13. The molecule has 0 radical (unpaired) electrons. The highest BCUT2D eigenvalue weighted by atomic mass is 16.5. The molecule has 0 saturated heterocycles. The van der Waals surface area contributed by atoms with Gasteiger partial charge in [0.1, 0.15) is 11.4 Å². The van der Waals surface area contributed by atoms with Gasteiger partial charge in [0.05, 0.1) is 19.1 Å². The normalized spacial score (nSPS) is 10.5. The molecule has 128 valence electrons. The van der Waals surface area contributed by atoms with E-state index in [1.54, 1.807) is 50.4 Å². The highest BCUT2D eigenvalue weighted by Gasteiger charge is 2.24. The molecule has 0 unspecified atom stereocenters. The first-order chi connectivity index (χ1) is 12.1. The van der Waals surface area contributed by atoms with E-state index in [9.17, 15) is 9.59 Å². The summed E-state index contributed by atoms with van der Waals surface area (Å²) in [6.07, 6.45) is 1.54. The van der Waals surface area contributed by atoms with E-state index in [4.69, 9.17) is 13.9 Å². The molecule has 2 heterocycles. The van der Waals surface area contributed by atoms with Gasteiger partial charge in [0.2, 0.25) is 11.5 Å². The molecule has 25 heavy (non-hydrogen) atoms. The van der Waals surface area contributed by atoms with Crippen LogP contribution in [0.4, 0.5) is 5.69 Å². The Kier molecular flexibility index (Phi) is 4.65. The lowest BCUT2D eigenvalue weighted by Gasteiger charge is -2.06.